The van der Waals surface area contributed by atoms with Crippen LogP contribution in [0.15, 0.2) is 23.1 Å². The quantitative estimate of drug-likeness (QED) is 0.491. The van der Waals surface area contributed by atoms with Crippen LogP contribution in [0.5, 0.6) is 0 Å². The third-order valence-corrected chi connectivity index (χ3v) is 4.40. The van der Waals surface area contributed by atoms with Crippen LogP contribution in [0.3, 0.4) is 0 Å². The molecule has 0 saturated heterocycles. The summed E-state index contributed by atoms with van der Waals surface area (Å²) in [5, 5.41) is 7.76. The van der Waals surface area contributed by atoms with E-state index in [0.29, 0.717) is 18.7 Å². The Morgan fingerprint density at radius 2 is 1.84 bits per heavy atom. The molecule has 0 aliphatic heterocycles. The van der Waals surface area contributed by atoms with Crippen molar-refractivity contribution in [3.63, 3.8) is 0 Å². The van der Waals surface area contributed by atoms with Gasteiger partial charge in [0.25, 0.3) is 0 Å². The second-order valence-corrected chi connectivity index (χ2v) is 7.85. The van der Waals surface area contributed by atoms with E-state index in [2.05, 4.69) is 5.32 Å². The second-order valence-electron chi connectivity index (χ2n) is 4.14. The first-order valence-electron chi connectivity index (χ1n) is 5.44. The van der Waals surface area contributed by atoms with Crippen molar-refractivity contribution in [1.29, 1.82) is 0 Å². The van der Waals surface area contributed by atoms with Crippen molar-refractivity contribution in [2.75, 3.05) is 29.6 Å². The van der Waals surface area contributed by atoms with Crippen LogP contribution < -0.4 is 16.2 Å². The number of hydrogen-bond donors (Lipinski definition) is 3. The third-order valence-electron chi connectivity index (χ3n) is 2.39. The first-order chi connectivity index (χ1) is 8.61. The van der Waals surface area contributed by atoms with Crippen molar-refractivity contribution in [2.45, 2.75) is 11.3 Å². The summed E-state index contributed by atoms with van der Waals surface area (Å²) in [6, 6.07) is 4.61. The average molecular weight is 307 g/mol. The van der Waals surface area contributed by atoms with Gasteiger partial charge in [-0.3, -0.25) is 0 Å². The Hall–Kier alpha value is -1.32. The number of hydrogen-bond acceptors (Lipinski definition) is 6. The van der Waals surface area contributed by atoms with Crippen LogP contribution in [0.1, 0.15) is 6.42 Å². The molecule has 0 radical (unpaired) electrons. The predicted octanol–water partition coefficient (Wildman–Crippen LogP) is -0.237. The number of para-hydroxylation sites is 1. The molecule has 19 heavy (non-hydrogen) atoms. The average Bonchev–Trinajstić information content (AvgIpc) is 2.23. The van der Waals surface area contributed by atoms with E-state index in [9.17, 15) is 16.8 Å². The molecule has 0 spiro atoms. The lowest BCUT2D eigenvalue weighted by Gasteiger charge is -2.11. The highest BCUT2D eigenvalue weighted by molar-refractivity contribution is 7.91. The van der Waals surface area contributed by atoms with Gasteiger partial charge in [0.05, 0.1) is 22.0 Å². The van der Waals surface area contributed by atoms with Crippen LogP contribution in [0, 0.1) is 0 Å². The minimum absolute atomic E-state index is 0.0453. The lowest BCUT2D eigenvalue weighted by Crippen LogP contribution is -2.19. The molecule has 0 aliphatic rings. The van der Waals surface area contributed by atoms with Crippen molar-refractivity contribution in [3.8, 4) is 0 Å². The largest absolute Gasteiger partial charge is 0.396 e. The Kier molecular flexibility index (Phi) is 4.77. The maximum absolute atomic E-state index is 11.5. The van der Waals surface area contributed by atoms with Crippen molar-refractivity contribution < 1.29 is 16.8 Å². The molecule has 0 amide bonds. The molecule has 0 fully saturated rings. The second kappa shape index (κ2) is 5.76. The lowest BCUT2D eigenvalue weighted by molar-refractivity contribution is 0.595. The topological polar surface area (TPSA) is 132 Å². The zero-order valence-electron chi connectivity index (χ0n) is 10.5. The zero-order chi connectivity index (χ0) is 14.7. The summed E-state index contributed by atoms with van der Waals surface area (Å²) >= 11 is 0. The third kappa shape index (κ3) is 5.05. The van der Waals surface area contributed by atoms with E-state index in [1.807, 2.05) is 0 Å². The molecular weight excluding hydrogens is 290 g/mol. The maximum Gasteiger partial charge on any atom is 0.209 e. The number of nitrogens with two attached hydrogens (primary N) is 2. The molecule has 1 aromatic rings. The van der Waals surface area contributed by atoms with Gasteiger partial charge in [-0.05, 0) is 18.6 Å². The summed E-state index contributed by atoms with van der Waals surface area (Å²) in [5.74, 6) is -0.147. The Bertz CT molecular complexity index is 653. The van der Waals surface area contributed by atoms with Gasteiger partial charge in [0, 0.05) is 12.8 Å². The van der Waals surface area contributed by atoms with Gasteiger partial charge in [-0.2, -0.15) is 0 Å². The van der Waals surface area contributed by atoms with Gasteiger partial charge in [0.15, 0.2) is 9.84 Å². The Morgan fingerprint density at radius 3 is 2.37 bits per heavy atom. The van der Waals surface area contributed by atoms with Gasteiger partial charge in [0.2, 0.25) is 10.0 Å². The SMILES string of the molecule is CS(=O)(=O)c1cccc(NCCCS(N)(=O)=O)c1N. The minimum Gasteiger partial charge on any atom is -0.396 e. The van der Waals surface area contributed by atoms with Crippen LogP contribution in [0.4, 0.5) is 11.4 Å². The fraction of sp³-hybridized carbons (Fsp3) is 0.400. The molecule has 108 valence electrons. The van der Waals surface area contributed by atoms with E-state index in [-0.39, 0.29) is 16.3 Å². The highest BCUT2D eigenvalue weighted by Crippen LogP contribution is 2.26. The number of nitrogen functional groups attached to an aromatic ring is 1. The van der Waals surface area contributed by atoms with E-state index in [1.54, 1.807) is 12.1 Å². The van der Waals surface area contributed by atoms with Crippen LogP contribution in [-0.2, 0) is 19.9 Å². The van der Waals surface area contributed by atoms with Gasteiger partial charge < -0.3 is 11.1 Å². The Balaban J connectivity index is 2.76. The van der Waals surface area contributed by atoms with Gasteiger partial charge in [-0.15, -0.1) is 0 Å². The van der Waals surface area contributed by atoms with Crippen molar-refractivity contribution in [3.05, 3.63) is 18.2 Å². The number of sulfonamides is 1. The fourth-order valence-corrected chi connectivity index (χ4v) is 2.90. The highest BCUT2D eigenvalue weighted by Gasteiger charge is 2.13. The molecular formula is C10H17N3O4S2. The van der Waals surface area contributed by atoms with Crippen molar-refractivity contribution >= 4 is 31.2 Å². The van der Waals surface area contributed by atoms with Gasteiger partial charge in [-0.25, -0.2) is 22.0 Å². The number of rotatable bonds is 6. The monoisotopic (exact) mass is 307 g/mol. The lowest BCUT2D eigenvalue weighted by atomic mass is 10.2. The zero-order valence-corrected chi connectivity index (χ0v) is 12.1. The molecule has 1 rings (SSSR count). The van der Waals surface area contributed by atoms with E-state index in [1.165, 1.54) is 6.07 Å². The standard InChI is InChI=1S/C10H17N3O4S2/c1-18(14,15)9-5-2-4-8(10(9)11)13-6-3-7-19(12,16)17/h2,4-5,13H,3,6-7,11H2,1H3,(H2,12,16,17). The normalized spacial score (nSPS) is 12.3. The maximum atomic E-state index is 11.5. The molecule has 9 heteroatoms. The smallest absolute Gasteiger partial charge is 0.209 e. The number of primary sulfonamides is 1. The Morgan fingerprint density at radius 1 is 1.21 bits per heavy atom. The molecule has 5 N–H and O–H groups in total. The van der Waals surface area contributed by atoms with Gasteiger partial charge >= 0.3 is 0 Å². The van der Waals surface area contributed by atoms with Crippen LogP contribution in [0.2, 0.25) is 0 Å². The predicted molar refractivity (Wildman–Crippen MR) is 75.0 cm³/mol. The molecule has 1 aromatic carbocycles. The minimum atomic E-state index is -3.49. The fourth-order valence-electron chi connectivity index (χ4n) is 1.52. The van der Waals surface area contributed by atoms with Crippen LogP contribution in [-0.4, -0.2) is 35.4 Å². The highest BCUT2D eigenvalue weighted by atomic mass is 32.2. The summed E-state index contributed by atoms with van der Waals surface area (Å²) in [6.45, 7) is 0.327. The summed E-state index contributed by atoms with van der Waals surface area (Å²) in [7, 11) is -6.88. The van der Waals surface area contributed by atoms with Crippen molar-refractivity contribution in [1.82, 2.24) is 0 Å². The van der Waals surface area contributed by atoms with E-state index < -0.39 is 19.9 Å². The molecule has 0 saturated carbocycles. The molecule has 0 aromatic heterocycles. The first kappa shape index (κ1) is 15.7. The number of sulfone groups is 1. The molecule has 7 nitrogen and oxygen atoms in total. The molecule has 0 bridgehead atoms. The van der Waals surface area contributed by atoms with E-state index >= 15 is 0 Å². The molecule has 0 heterocycles. The number of benzene rings is 1. The van der Waals surface area contributed by atoms with Crippen LogP contribution in [0.25, 0.3) is 0 Å². The molecule has 0 unspecified atom stereocenters. The number of nitrogens with one attached hydrogen (secondary N) is 1. The van der Waals surface area contributed by atoms with E-state index in [0.717, 1.165) is 6.26 Å². The van der Waals surface area contributed by atoms with E-state index in [4.69, 9.17) is 10.9 Å². The Labute approximate surface area is 113 Å². The van der Waals surface area contributed by atoms with Gasteiger partial charge in [0.1, 0.15) is 0 Å². The van der Waals surface area contributed by atoms with Crippen molar-refractivity contribution in [2.24, 2.45) is 5.14 Å². The number of anilines is 2. The summed E-state index contributed by atoms with van der Waals surface area (Å²) < 4.78 is 44.4. The summed E-state index contributed by atoms with van der Waals surface area (Å²) in [4.78, 5) is 0.0453. The summed E-state index contributed by atoms with van der Waals surface area (Å²) in [5.41, 5.74) is 6.33. The van der Waals surface area contributed by atoms with Gasteiger partial charge in [-0.1, -0.05) is 6.07 Å². The molecule has 0 aliphatic carbocycles. The molecule has 0 atom stereocenters. The summed E-state index contributed by atoms with van der Waals surface area (Å²) in [6.07, 6.45) is 1.38. The van der Waals surface area contributed by atoms with Crippen LogP contribution >= 0.6 is 0 Å². The first-order valence-corrected chi connectivity index (χ1v) is 9.05.